The number of carbonyl (C=O) groups is 1. The molecule has 4 bridgehead atoms. The van der Waals surface area contributed by atoms with Gasteiger partial charge in [-0.05, 0) is 74.6 Å². The summed E-state index contributed by atoms with van der Waals surface area (Å²) in [5, 5.41) is 20.4. The zero-order valence-electron chi connectivity index (χ0n) is 16.9. The number of amides is 1. The third-order valence-electron chi connectivity index (χ3n) is 7.30. The van der Waals surface area contributed by atoms with Crippen LogP contribution in [0.25, 0.3) is 5.82 Å². The molecule has 9 nitrogen and oxygen atoms in total. The summed E-state index contributed by atoms with van der Waals surface area (Å²) in [6.45, 7) is 1.91. The summed E-state index contributed by atoms with van der Waals surface area (Å²) < 4.78 is 1.72. The first-order valence-electron chi connectivity index (χ1n) is 10.6. The van der Waals surface area contributed by atoms with E-state index in [4.69, 9.17) is 0 Å². The third kappa shape index (κ3) is 2.60. The van der Waals surface area contributed by atoms with Gasteiger partial charge in [-0.3, -0.25) is 4.79 Å². The Morgan fingerprint density at radius 2 is 2.00 bits per heavy atom. The first-order chi connectivity index (χ1) is 14.6. The maximum Gasteiger partial charge on any atom is 0.255 e. The number of nitrogens with one attached hydrogen (secondary N) is 1. The van der Waals surface area contributed by atoms with Gasteiger partial charge >= 0.3 is 0 Å². The van der Waals surface area contributed by atoms with Crippen LogP contribution in [-0.4, -0.2) is 46.4 Å². The van der Waals surface area contributed by atoms with Crippen molar-refractivity contribution in [2.24, 2.45) is 11.8 Å². The monoisotopic (exact) mass is 404 g/mol. The molecule has 3 aromatic rings. The molecule has 0 aliphatic heterocycles. The highest BCUT2D eigenvalue weighted by atomic mass is 16.1. The molecule has 0 saturated heterocycles. The number of pyridine rings is 1. The van der Waals surface area contributed by atoms with Crippen molar-refractivity contribution in [1.29, 1.82) is 0 Å². The van der Waals surface area contributed by atoms with Crippen LogP contribution < -0.4 is 5.32 Å². The van der Waals surface area contributed by atoms with Gasteiger partial charge in [-0.1, -0.05) is 6.07 Å². The van der Waals surface area contributed by atoms with Crippen LogP contribution in [0.4, 0.5) is 0 Å². The summed E-state index contributed by atoms with van der Waals surface area (Å²) >= 11 is 0. The maximum atomic E-state index is 13.4. The van der Waals surface area contributed by atoms with Gasteiger partial charge in [0, 0.05) is 11.7 Å². The minimum atomic E-state index is -0.214. The Bertz CT molecular complexity index is 1080. The minimum absolute atomic E-state index is 0.0571. The van der Waals surface area contributed by atoms with Crippen LogP contribution in [0.5, 0.6) is 0 Å². The quantitative estimate of drug-likeness (QED) is 0.714. The molecular weight excluding hydrogens is 380 g/mol. The van der Waals surface area contributed by atoms with E-state index in [1.54, 1.807) is 17.1 Å². The molecule has 4 aliphatic rings. The zero-order valence-corrected chi connectivity index (χ0v) is 16.9. The highest BCUT2D eigenvalue weighted by Gasteiger charge is 2.60. The number of carbonyl (C=O) groups excluding carboxylic acids is 1. The number of aromatic nitrogens is 7. The lowest BCUT2D eigenvalue weighted by Crippen LogP contribution is -2.66. The topological polar surface area (TPSA) is 103 Å². The number of nitrogens with zero attached hydrogens (tertiary/aromatic N) is 7. The Kier molecular flexibility index (Phi) is 3.66. The maximum absolute atomic E-state index is 13.4. The van der Waals surface area contributed by atoms with E-state index in [0.717, 1.165) is 37.8 Å². The van der Waals surface area contributed by atoms with E-state index in [2.05, 4.69) is 30.8 Å². The van der Waals surface area contributed by atoms with Crippen LogP contribution in [0.15, 0.2) is 36.9 Å². The molecule has 9 heteroatoms. The van der Waals surface area contributed by atoms with Crippen LogP contribution in [0.2, 0.25) is 0 Å². The van der Waals surface area contributed by atoms with Gasteiger partial charge in [0.25, 0.3) is 5.91 Å². The third-order valence-corrected chi connectivity index (χ3v) is 7.30. The van der Waals surface area contributed by atoms with Gasteiger partial charge in [0.15, 0.2) is 12.1 Å². The van der Waals surface area contributed by atoms with E-state index in [-0.39, 0.29) is 17.0 Å². The Labute approximate surface area is 173 Å². The van der Waals surface area contributed by atoms with Crippen molar-refractivity contribution >= 4 is 5.91 Å². The van der Waals surface area contributed by atoms with Gasteiger partial charge in [-0.25, -0.2) is 9.67 Å². The fourth-order valence-corrected chi connectivity index (χ4v) is 6.63. The van der Waals surface area contributed by atoms with Gasteiger partial charge in [0.1, 0.15) is 0 Å². The van der Waals surface area contributed by atoms with Crippen molar-refractivity contribution in [1.82, 2.24) is 40.3 Å². The highest BCUT2D eigenvalue weighted by Crippen LogP contribution is 2.60. The normalized spacial score (nSPS) is 31.8. The lowest BCUT2D eigenvalue weighted by Gasteiger charge is -2.61. The molecule has 0 aromatic carbocycles. The van der Waals surface area contributed by atoms with Crippen LogP contribution in [0, 0.1) is 18.8 Å². The molecule has 4 saturated carbocycles. The molecule has 0 radical (unpaired) electrons. The van der Waals surface area contributed by atoms with Crippen molar-refractivity contribution in [2.75, 3.05) is 0 Å². The van der Waals surface area contributed by atoms with Crippen LogP contribution in [-0.2, 0) is 5.54 Å². The predicted molar refractivity (Wildman–Crippen MR) is 107 cm³/mol. The summed E-state index contributed by atoms with van der Waals surface area (Å²) in [5.41, 5.74) is 1.06. The Hall–Kier alpha value is -3.10. The van der Waals surface area contributed by atoms with E-state index in [9.17, 15) is 4.79 Å². The van der Waals surface area contributed by atoms with Crippen molar-refractivity contribution < 1.29 is 4.79 Å². The first kappa shape index (κ1) is 17.7. The molecule has 1 N–H and O–H groups in total. The molecule has 7 rings (SSSR count). The molecule has 0 spiro atoms. The second-order valence-corrected chi connectivity index (χ2v) is 9.39. The number of hydrogen-bond donors (Lipinski definition) is 1. The fraction of sp³-hybridized carbons (Fsp3) is 0.524. The fourth-order valence-electron chi connectivity index (χ4n) is 6.63. The van der Waals surface area contributed by atoms with Crippen molar-refractivity contribution in [3.63, 3.8) is 0 Å². The van der Waals surface area contributed by atoms with E-state index in [0.29, 0.717) is 23.2 Å². The Balaban J connectivity index is 1.30. The highest BCUT2D eigenvalue weighted by molar-refractivity contribution is 5.95. The van der Waals surface area contributed by atoms with E-state index in [1.165, 1.54) is 12.7 Å². The molecular formula is C21H24N8O. The van der Waals surface area contributed by atoms with Gasteiger partial charge in [0.05, 0.1) is 23.0 Å². The summed E-state index contributed by atoms with van der Waals surface area (Å²) in [5.74, 6) is 1.84. The molecule has 3 heterocycles. The molecule has 4 aliphatic carbocycles. The van der Waals surface area contributed by atoms with Gasteiger partial charge in [-0.2, -0.15) is 9.90 Å². The smallest absolute Gasteiger partial charge is 0.255 e. The van der Waals surface area contributed by atoms with Crippen molar-refractivity contribution in [2.45, 2.75) is 56.5 Å². The molecule has 154 valence electrons. The summed E-state index contributed by atoms with van der Waals surface area (Å²) in [6, 6.07) is 5.66. The second-order valence-electron chi connectivity index (χ2n) is 9.39. The first-order valence-corrected chi connectivity index (χ1v) is 10.6. The number of tetrazole rings is 1. The number of hydrogen-bond acceptors (Lipinski definition) is 6. The standard InChI is InChI=1S/C21H24N8O/c1-14-17(11-24-28(14)18-4-2-3-5-22-18)19(30)26-20-7-15-6-16(8-20)10-21(9-15,12-20)29-25-13-23-27-29/h2-5,11,13,15-16H,6-10,12H2,1H3,(H,26,30)/t15-,16+,20?,21?. The molecule has 30 heavy (non-hydrogen) atoms. The SMILES string of the molecule is Cc1c(C(=O)NC23C[C@H]4C[C@@H](C2)CC(n2ncnn2)(C4)C3)cnn1-c1ccccn1. The molecule has 2 unspecified atom stereocenters. The lowest BCUT2D eigenvalue weighted by atomic mass is 9.50. The van der Waals surface area contributed by atoms with Crippen LogP contribution in [0.1, 0.15) is 54.6 Å². The van der Waals surface area contributed by atoms with Crippen LogP contribution in [0.3, 0.4) is 0 Å². The van der Waals surface area contributed by atoms with Crippen molar-refractivity contribution in [3.05, 3.63) is 48.2 Å². The van der Waals surface area contributed by atoms with Gasteiger partial charge in [0.2, 0.25) is 0 Å². The van der Waals surface area contributed by atoms with Gasteiger partial charge in [-0.15, -0.1) is 10.2 Å². The average molecular weight is 404 g/mol. The summed E-state index contributed by atoms with van der Waals surface area (Å²) in [6.07, 6.45) is 11.2. The van der Waals surface area contributed by atoms with E-state index < -0.39 is 0 Å². The van der Waals surface area contributed by atoms with E-state index in [1.807, 2.05) is 29.9 Å². The van der Waals surface area contributed by atoms with Crippen molar-refractivity contribution in [3.8, 4) is 5.82 Å². The van der Waals surface area contributed by atoms with E-state index >= 15 is 0 Å². The molecule has 3 aromatic heterocycles. The Morgan fingerprint density at radius 1 is 1.17 bits per heavy atom. The molecule has 4 atom stereocenters. The summed E-state index contributed by atoms with van der Waals surface area (Å²) in [7, 11) is 0. The van der Waals surface area contributed by atoms with Gasteiger partial charge < -0.3 is 5.32 Å². The van der Waals surface area contributed by atoms with Crippen LogP contribution >= 0.6 is 0 Å². The predicted octanol–water partition coefficient (Wildman–Crippen LogP) is 2.04. The number of rotatable bonds is 4. The molecule has 1 amide bonds. The second kappa shape index (κ2) is 6.20. The zero-order chi connectivity index (χ0) is 20.3. The minimum Gasteiger partial charge on any atom is -0.346 e. The largest absolute Gasteiger partial charge is 0.346 e. The Morgan fingerprint density at radius 3 is 2.70 bits per heavy atom. The summed E-state index contributed by atoms with van der Waals surface area (Å²) in [4.78, 5) is 19.5. The molecule has 4 fully saturated rings. The lowest BCUT2D eigenvalue weighted by molar-refractivity contribution is -0.0810. The average Bonchev–Trinajstić information content (AvgIpc) is 3.37.